The maximum absolute atomic E-state index is 12.8. The summed E-state index contributed by atoms with van der Waals surface area (Å²) in [4.78, 5) is 0.0897. The molecule has 3 rings (SSSR count). The van der Waals surface area contributed by atoms with E-state index >= 15 is 0 Å². The van der Waals surface area contributed by atoms with E-state index in [1.54, 1.807) is 24.3 Å². The van der Waals surface area contributed by atoms with Gasteiger partial charge in [-0.15, -0.1) is 6.58 Å². The molecule has 30 heavy (non-hydrogen) atoms. The quantitative estimate of drug-likeness (QED) is 0.359. The number of anilines is 1. The molecule has 0 spiro atoms. The zero-order valence-corrected chi connectivity index (χ0v) is 17.7. The Morgan fingerprint density at radius 3 is 2.30 bits per heavy atom. The van der Waals surface area contributed by atoms with Crippen LogP contribution in [-0.2, 0) is 23.1 Å². The molecule has 0 heterocycles. The van der Waals surface area contributed by atoms with E-state index in [4.69, 9.17) is 8.92 Å². The summed E-state index contributed by atoms with van der Waals surface area (Å²) in [5.74, 6) is 0.588. The summed E-state index contributed by atoms with van der Waals surface area (Å²) < 4.78 is 36.9. The van der Waals surface area contributed by atoms with E-state index in [2.05, 4.69) is 11.9 Å². The first kappa shape index (κ1) is 21.5. The fourth-order valence-electron chi connectivity index (χ4n) is 2.99. The van der Waals surface area contributed by atoms with Crippen molar-refractivity contribution in [3.63, 3.8) is 0 Å². The minimum atomic E-state index is -3.99. The molecular weight excluding hydrogens is 398 g/mol. The van der Waals surface area contributed by atoms with E-state index in [1.165, 1.54) is 12.1 Å². The topological polar surface area (TPSA) is 64.6 Å². The molecule has 5 nitrogen and oxygen atoms in total. The summed E-state index contributed by atoms with van der Waals surface area (Å²) in [7, 11) is -3.99. The van der Waals surface area contributed by atoms with Crippen LogP contribution in [0.4, 0.5) is 5.69 Å². The number of para-hydroxylation sites is 1. The van der Waals surface area contributed by atoms with Crippen LogP contribution in [0.5, 0.6) is 11.5 Å². The van der Waals surface area contributed by atoms with Gasteiger partial charge in [0.15, 0.2) is 11.5 Å². The molecule has 1 N–H and O–H groups in total. The Kier molecular flexibility index (Phi) is 7.14. The second-order valence-electron chi connectivity index (χ2n) is 6.58. The summed E-state index contributed by atoms with van der Waals surface area (Å²) in [5, 5.41) is 3.35. The first-order chi connectivity index (χ1) is 14.5. The smallest absolute Gasteiger partial charge is 0.339 e. The maximum atomic E-state index is 12.8. The van der Waals surface area contributed by atoms with Gasteiger partial charge >= 0.3 is 10.1 Å². The molecule has 0 radical (unpaired) electrons. The number of hydrogen-bond acceptors (Lipinski definition) is 5. The van der Waals surface area contributed by atoms with Crippen LogP contribution >= 0.6 is 0 Å². The van der Waals surface area contributed by atoms with Gasteiger partial charge < -0.3 is 14.2 Å². The molecule has 0 saturated heterocycles. The van der Waals surface area contributed by atoms with Crippen LogP contribution < -0.4 is 14.2 Å². The average molecular weight is 424 g/mol. The number of rotatable bonds is 10. The number of nitrogens with one attached hydrogen (secondary N) is 1. The average Bonchev–Trinajstić information content (AvgIpc) is 2.76. The van der Waals surface area contributed by atoms with Crippen LogP contribution in [0.15, 0.2) is 90.3 Å². The number of benzene rings is 3. The fraction of sp³-hybridized carbons (Fsp3) is 0.167. The molecule has 6 heteroatoms. The van der Waals surface area contributed by atoms with E-state index in [9.17, 15) is 8.42 Å². The Morgan fingerprint density at radius 1 is 1.00 bits per heavy atom. The Morgan fingerprint density at radius 2 is 1.67 bits per heavy atom. The van der Waals surface area contributed by atoms with E-state index < -0.39 is 10.1 Å². The molecular formula is C24H25NO4S. The van der Waals surface area contributed by atoms with Crippen LogP contribution in [0, 0.1) is 0 Å². The van der Waals surface area contributed by atoms with Gasteiger partial charge in [-0.2, -0.15) is 8.42 Å². The Hall–Kier alpha value is -3.25. The van der Waals surface area contributed by atoms with Gasteiger partial charge in [-0.3, -0.25) is 0 Å². The number of allylic oxidation sites excluding steroid dienone is 1. The van der Waals surface area contributed by atoms with Crippen molar-refractivity contribution in [2.24, 2.45) is 0 Å². The van der Waals surface area contributed by atoms with Crippen LogP contribution in [0.2, 0.25) is 0 Å². The van der Waals surface area contributed by atoms with Gasteiger partial charge in [0.1, 0.15) is 4.90 Å². The Labute approximate surface area is 178 Å². The predicted molar refractivity (Wildman–Crippen MR) is 120 cm³/mol. The molecule has 0 aliphatic rings. The highest BCUT2D eigenvalue weighted by atomic mass is 32.2. The molecule has 0 unspecified atom stereocenters. The summed E-state index contributed by atoms with van der Waals surface area (Å²) in [6.45, 7) is 6.57. The minimum Gasteiger partial charge on any atom is -0.490 e. The van der Waals surface area contributed by atoms with Crippen molar-refractivity contribution < 1.29 is 17.3 Å². The lowest BCUT2D eigenvalue weighted by molar-refractivity contribution is 0.326. The van der Waals surface area contributed by atoms with Gasteiger partial charge in [0.05, 0.1) is 6.61 Å². The molecule has 0 amide bonds. The van der Waals surface area contributed by atoms with Crippen molar-refractivity contribution >= 4 is 15.8 Å². The number of ether oxygens (including phenoxy) is 1. The third-order valence-electron chi connectivity index (χ3n) is 4.35. The van der Waals surface area contributed by atoms with Crippen LogP contribution in [0.1, 0.15) is 18.1 Å². The van der Waals surface area contributed by atoms with Crippen molar-refractivity contribution in [1.82, 2.24) is 0 Å². The van der Waals surface area contributed by atoms with Crippen molar-refractivity contribution in [2.45, 2.75) is 24.8 Å². The molecule has 0 aliphatic heterocycles. The van der Waals surface area contributed by atoms with Crippen molar-refractivity contribution in [3.8, 4) is 11.5 Å². The van der Waals surface area contributed by atoms with Gasteiger partial charge in [-0.25, -0.2) is 0 Å². The predicted octanol–water partition coefficient (Wildman–Crippen LogP) is 5.19. The highest BCUT2D eigenvalue weighted by Gasteiger charge is 2.22. The summed E-state index contributed by atoms with van der Waals surface area (Å²) >= 11 is 0. The highest BCUT2D eigenvalue weighted by Crippen LogP contribution is 2.36. The fourth-order valence-corrected chi connectivity index (χ4v) is 3.99. The Bertz CT molecular complexity index is 1080. The Balaban J connectivity index is 1.95. The van der Waals surface area contributed by atoms with Crippen molar-refractivity contribution in [2.75, 3.05) is 11.9 Å². The van der Waals surface area contributed by atoms with E-state index in [0.717, 1.165) is 11.3 Å². The molecule has 156 valence electrons. The van der Waals surface area contributed by atoms with E-state index in [0.29, 0.717) is 30.9 Å². The molecule has 0 bridgehead atoms. The van der Waals surface area contributed by atoms with Gasteiger partial charge in [-0.05, 0) is 55.3 Å². The largest absolute Gasteiger partial charge is 0.490 e. The van der Waals surface area contributed by atoms with Crippen LogP contribution in [0.25, 0.3) is 0 Å². The van der Waals surface area contributed by atoms with Crippen LogP contribution in [-0.4, -0.2) is 15.0 Å². The molecule has 0 aromatic heterocycles. The van der Waals surface area contributed by atoms with E-state index in [1.807, 2.05) is 49.4 Å². The lowest BCUT2D eigenvalue weighted by atomic mass is 10.1. The highest BCUT2D eigenvalue weighted by molar-refractivity contribution is 7.87. The minimum absolute atomic E-state index is 0.0897. The second-order valence-corrected chi connectivity index (χ2v) is 8.12. The van der Waals surface area contributed by atoms with Crippen molar-refractivity contribution in [1.29, 1.82) is 0 Å². The summed E-state index contributed by atoms with van der Waals surface area (Å²) in [6, 6.07) is 21.6. The zero-order valence-electron chi connectivity index (χ0n) is 16.9. The standard InChI is InChI=1S/C24H25NO4S/c1-3-11-20-16-19(18-25-21-12-7-5-8-13-21)17-23(28-4-2)24(20)29-30(26,27)22-14-9-6-10-15-22/h3,5-10,12-17,25H,1,4,11,18H2,2H3. The SMILES string of the molecule is C=CCc1cc(CNc2ccccc2)cc(OCC)c1OS(=O)(=O)c1ccccc1. The second kappa shape index (κ2) is 9.98. The van der Waals surface area contributed by atoms with Gasteiger partial charge in [0.25, 0.3) is 0 Å². The lowest BCUT2D eigenvalue weighted by Gasteiger charge is -2.17. The van der Waals surface area contributed by atoms with Gasteiger partial charge in [0, 0.05) is 17.8 Å². The normalized spacial score (nSPS) is 11.0. The third kappa shape index (κ3) is 5.42. The van der Waals surface area contributed by atoms with Gasteiger partial charge in [-0.1, -0.05) is 42.5 Å². The van der Waals surface area contributed by atoms with Crippen LogP contribution in [0.3, 0.4) is 0 Å². The van der Waals surface area contributed by atoms with E-state index in [-0.39, 0.29) is 10.6 Å². The molecule has 0 saturated carbocycles. The third-order valence-corrected chi connectivity index (χ3v) is 5.59. The molecule has 0 fully saturated rings. The maximum Gasteiger partial charge on any atom is 0.339 e. The van der Waals surface area contributed by atoms with Gasteiger partial charge in [0.2, 0.25) is 0 Å². The lowest BCUT2D eigenvalue weighted by Crippen LogP contribution is -2.13. The first-order valence-corrected chi connectivity index (χ1v) is 11.1. The summed E-state index contributed by atoms with van der Waals surface area (Å²) in [6.07, 6.45) is 2.15. The summed E-state index contributed by atoms with van der Waals surface area (Å²) in [5.41, 5.74) is 2.64. The molecule has 0 aliphatic carbocycles. The monoisotopic (exact) mass is 423 g/mol. The first-order valence-electron chi connectivity index (χ1n) is 9.71. The molecule has 3 aromatic carbocycles. The molecule has 3 aromatic rings. The zero-order chi connectivity index (χ0) is 21.4. The van der Waals surface area contributed by atoms with Crippen molar-refractivity contribution in [3.05, 3.63) is 96.6 Å². The number of hydrogen-bond donors (Lipinski definition) is 1. The molecule has 0 atom stereocenters.